The first kappa shape index (κ1) is 5.10. The molecule has 0 aromatic heterocycles. The molecule has 0 aromatic carbocycles. The maximum absolute atomic E-state index is 7.42. The molecule has 0 aromatic rings. The Balaban J connectivity index is 3.39. The quantitative estimate of drug-likeness (QED) is 0.506. The lowest BCUT2D eigenvalue weighted by atomic mass is 10.2. The van der Waals surface area contributed by atoms with Gasteiger partial charge in [-0.1, -0.05) is 13.8 Å². The van der Waals surface area contributed by atoms with Gasteiger partial charge in [0, 0.05) is 1.37 Å². The molecule has 0 spiro atoms. The van der Waals surface area contributed by atoms with Crippen LogP contribution in [0.25, 0.3) is 0 Å². The first-order valence-corrected chi connectivity index (χ1v) is 2.56. The van der Waals surface area contributed by atoms with E-state index in [0.29, 0.717) is 0 Å². The van der Waals surface area contributed by atoms with Gasteiger partial charge >= 0.3 is 0 Å². The van der Waals surface area contributed by atoms with Gasteiger partial charge in [-0.3, -0.25) is 0 Å². The van der Waals surface area contributed by atoms with E-state index in [9.17, 15) is 0 Å². The molecule has 0 bridgehead atoms. The normalized spacial score (nSPS) is 14.7. The molecule has 0 radical (unpaired) electrons. The molecular weight excluding hydrogens is 86.1 g/mol. The molecule has 0 atom stereocenters. The third-order valence-corrected chi connectivity index (χ3v) is 0.632. The van der Waals surface area contributed by atoms with E-state index in [0.717, 1.165) is 6.54 Å². The molecule has 1 heteroatoms. The van der Waals surface area contributed by atoms with Crippen molar-refractivity contribution in [3.8, 4) is 0 Å². The van der Waals surface area contributed by atoms with Gasteiger partial charge < -0.3 is 4.90 Å². The molecule has 0 saturated heterocycles. The number of rotatable bonds is 2. The number of hydrogen-bond acceptors (Lipinski definition) is 1. The second-order valence-corrected chi connectivity index (χ2v) is 2.44. The van der Waals surface area contributed by atoms with Crippen molar-refractivity contribution in [2.24, 2.45) is 5.89 Å². The van der Waals surface area contributed by atoms with E-state index in [4.69, 9.17) is 1.37 Å². The standard InChI is InChI=1S/C6H15N/c1-6(2)5-7(3)4/h6H,5H2,1-4H3/i6D. The van der Waals surface area contributed by atoms with Crippen LogP contribution in [0.3, 0.4) is 0 Å². The van der Waals surface area contributed by atoms with E-state index >= 15 is 0 Å². The minimum atomic E-state index is -0.302. The Kier molecular flexibility index (Phi) is 2.21. The Labute approximate surface area is 47.7 Å². The minimum Gasteiger partial charge on any atom is -0.309 e. The summed E-state index contributed by atoms with van der Waals surface area (Å²) in [6.45, 7) is 4.65. The molecule has 0 aliphatic carbocycles. The van der Waals surface area contributed by atoms with Crippen LogP contribution < -0.4 is 0 Å². The molecule has 44 valence electrons. The summed E-state index contributed by atoms with van der Waals surface area (Å²) in [5.74, 6) is -0.302. The summed E-state index contributed by atoms with van der Waals surface area (Å²) in [6.07, 6.45) is 0. The van der Waals surface area contributed by atoms with Crippen molar-refractivity contribution >= 4 is 0 Å². The van der Waals surface area contributed by atoms with Crippen LogP contribution in [0.15, 0.2) is 0 Å². The van der Waals surface area contributed by atoms with Crippen LogP contribution in [0.1, 0.15) is 15.2 Å². The van der Waals surface area contributed by atoms with Gasteiger partial charge in [-0.15, -0.1) is 0 Å². The minimum absolute atomic E-state index is 0.302. The second kappa shape index (κ2) is 3.03. The monoisotopic (exact) mass is 102 g/mol. The van der Waals surface area contributed by atoms with E-state index in [2.05, 4.69) is 0 Å². The van der Waals surface area contributed by atoms with Crippen LogP contribution in [0.2, 0.25) is 0 Å². The highest BCUT2D eigenvalue weighted by Gasteiger charge is 1.92. The summed E-state index contributed by atoms with van der Waals surface area (Å²) >= 11 is 0. The molecule has 0 heterocycles. The molecule has 0 aliphatic rings. The van der Waals surface area contributed by atoms with E-state index < -0.39 is 0 Å². The second-order valence-electron chi connectivity index (χ2n) is 2.44. The average molecular weight is 102 g/mol. The zero-order chi connectivity index (χ0) is 6.78. The van der Waals surface area contributed by atoms with Crippen LogP contribution in [0, 0.1) is 5.89 Å². The zero-order valence-electron chi connectivity index (χ0n) is 6.65. The Bertz CT molecular complexity index is 63.4. The smallest absolute Gasteiger partial charge is 0.0310 e. The van der Waals surface area contributed by atoms with Gasteiger partial charge in [0.05, 0.1) is 0 Å². The lowest BCUT2D eigenvalue weighted by molar-refractivity contribution is 0.354. The summed E-state index contributed by atoms with van der Waals surface area (Å²) in [7, 11) is 3.96. The number of nitrogens with zero attached hydrogens (tertiary/aromatic N) is 1. The maximum atomic E-state index is 7.42. The molecule has 0 rings (SSSR count). The van der Waals surface area contributed by atoms with Crippen LogP contribution in [0.4, 0.5) is 0 Å². The van der Waals surface area contributed by atoms with E-state index in [1.165, 1.54) is 0 Å². The lowest BCUT2D eigenvalue weighted by Gasteiger charge is -2.10. The first-order chi connectivity index (χ1) is 3.42. The third kappa shape index (κ3) is 5.96. The highest BCUT2D eigenvalue weighted by atomic mass is 15.0. The summed E-state index contributed by atoms with van der Waals surface area (Å²) < 4.78 is 7.42. The van der Waals surface area contributed by atoms with Crippen molar-refractivity contribution in [3.05, 3.63) is 0 Å². The molecule has 0 saturated carbocycles. The summed E-state index contributed by atoms with van der Waals surface area (Å²) in [5.41, 5.74) is 0. The molecule has 0 aliphatic heterocycles. The average Bonchev–Trinajstić information content (AvgIpc) is 1.21. The fourth-order valence-corrected chi connectivity index (χ4v) is 0.632. The van der Waals surface area contributed by atoms with Crippen molar-refractivity contribution < 1.29 is 1.37 Å². The molecular formula is C6H15N. The predicted octanol–water partition coefficient (Wildman–Crippen LogP) is 1.20. The lowest BCUT2D eigenvalue weighted by Crippen LogP contribution is -2.17. The molecule has 7 heavy (non-hydrogen) atoms. The van der Waals surface area contributed by atoms with E-state index in [1.54, 1.807) is 0 Å². The molecule has 0 N–H and O–H groups in total. The van der Waals surface area contributed by atoms with Crippen LogP contribution in [-0.4, -0.2) is 25.5 Å². The topological polar surface area (TPSA) is 3.24 Å². The van der Waals surface area contributed by atoms with Gasteiger partial charge in [0.2, 0.25) is 0 Å². The van der Waals surface area contributed by atoms with Crippen LogP contribution in [0.5, 0.6) is 0 Å². The van der Waals surface area contributed by atoms with Gasteiger partial charge in [0.25, 0.3) is 0 Å². The van der Waals surface area contributed by atoms with Crippen LogP contribution >= 0.6 is 0 Å². The summed E-state index contributed by atoms with van der Waals surface area (Å²) in [6, 6.07) is 0. The van der Waals surface area contributed by atoms with Crippen LogP contribution in [-0.2, 0) is 0 Å². The summed E-state index contributed by atoms with van der Waals surface area (Å²) in [4.78, 5) is 2.02. The first-order valence-electron chi connectivity index (χ1n) is 3.06. The zero-order valence-corrected chi connectivity index (χ0v) is 5.65. The molecule has 0 fully saturated rings. The Morgan fingerprint density at radius 2 is 2.00 bits per heavy atom. The third-order valence-electron chi connectivity index (χ3n) is 0.632. The van der Waals surface area contributed by atoms with Crippen molar-refractivity contribution in [2.75, 3.05) is 20.6 Å². The highest BCUT2D eigenvalue weighted by Crippen LogP contribution is 1.90. The van der Waals surface area contributed by atoms with Crippen molar-refractivity contribution in [1.29, 1.82) is 0 Å². The Morgan fingerprint density at radius 1 is 1.57 bits per heavy atom. The molecule has 1 nitrogen and oxygen atoms in total. The van der Waals surface area contributed by atoms with Gasteiger partial charge in [-0.05, 0) is 26.5 Å². The van der Waals surface area contributed by atoms with Gasteiger partial charge in [0.1, 0.15) is 0 Å². The Hall–Kier alpha value is -0.0400. The van der Waals surface area contributed by atoms with Gasteiger partial charge in [-0.2, -0.15) is 0 Å². The van der Waals surface area contributed by atoms with Crippen molar-refractivity contribution in [3.63, 3.8) is 0 Å². The van der Waals surface area contributed by atoms with Gasteiger partial charge in [0.15, 0.2) is 0 Å². The fourth-order valence-electron chi connectivity index (χ4n) is 0.632. The van der Waals surface area contributed by atoms with E-state index in [-0.39, 0.29) is 5.89 Å². The van der Waals surface area contributed by atoms with Crippen molar-refractivity contribution in [1.82, 2.24) is 4.90 Å². The largest absolute Gasteiger partial charge is 0.309 e. The van der Waals surface area contributed by atoms with E-state index in [1.807, 2.05) is 32.8 Å². The summed E-state index contributed by atoms with van der Waals surface area (Å²) in [5, 5.41) is 0. The number of hydrogen-bond donors (Lipinski definition) is 0. The van der Waals surface area contributed by atoms with Gasteiger partial charge in [-0.25, -0.2) is 0 Å². The SMILES string of the molecule is [2H]C(C)(C)CN(C)C. The Morgan fingerprint density at radius 3 is 2.00 bits per heavy atom. The maximum Gasteiger partial charge on any atom is 0.0310 e. The fraction of sp³-hybridized carbons (Fsp3) is 1.00. The molecule has 0 unspecified atom stereocenters. The highest BCUT2D eigenvalue weighted by molar-refractivity contribution is 4.46. The molecule has 0 amide bonds. The predicted molar refractivity (Wildman–Crippen MR) is 33.4 cm³/mol. The van der Waals surface area contributed by atoms with Crippen molar-refractivity contribution in [2.45, 2.75) is 13.8 Å².